The lowest BCUT2D eigenvalue weighted by atomic mass is 10.1. The molecule has 2 aliphatic rings. The van der Waals surface area contributed by atoms with Crippen LogP contribution in [-0.2, 0) is 4.74 Å². The van der Waals surface area contributed by atoms with Crippen molar-refractivity contribution < 1.29 is 4.74 Å². The molecule has 19 heavy (non-hydrogen) atoms. The fourth-order valence-electron chi connectivity index (χ4n) is 2.62. The van der Waals surface area contributed by atoms with Crippen LogP contribution in [0.15, 0.2) is 0 Å². The van der Waals surface area contributed by atoms with Crippen LogP contribution in [0.1, 0.15) is 48.5 Å². The van der Waals surface area contributed by atoms with Crippen molar-refractivity contribution in [3.63, 3.8) is 0 Å². The number of nitrogens with one attached hydrogen (secondary N) is 1. The Hall–Kier alpha value is -1.25. The van der Waals surface area contributed by atoms with Crippen LogP contribution in [0.5, 0.6) is 0 Å². The lowest BCUT2D eigenvalue weighted by molar-refractivity contribution is 0.0248. The van der Waals surface area contributed by atoms with E-state index in [9.17, 15) is 0 Å². The van der Waals surface area contributed by atoms with Crippen LogP contribution in [-0.4, -0.2) is 19.3 Å². The van der Waals surface area contributed by atoms with Gasteiger partial charge in [0.05, 0.1) is 16.8 Å². The average Bonchev–Trinajstić information content (AvgIpc) is 3.22. The van der Waals surface area contributed by atoms with E-state index in [0.717, 1.165) is 24.6 Å². The first-order chi connectivity index (χ1) is 9.29. The van der Waals surface area contributed by atoms with Crippen molar-refractivity contribution in [2.45, 2.75) is 44.1 Å². The Balaban J connectivity index is 1.71. The van der Waals surface area contributed by atoms with Crippen molar-refractivity contribution in [3.05, 3.63) is 10.4 Å². The van der Waals surface area contributed by atoms with E-state index in [-0.39, 0.29) is 0 Å². The maximum absolute atomic E-state index is 9.10. The van der Waals surface area contributed by atoms with Crippen LogP contribution in [0.3, 0.4) is 0 Å². The number of thiophene rings is 1. The summed E-state index contributed by atoms with van der Waals surface area (Å²) < 4.78 is 5.72. The molecule has 1 saturated carbocycles. The molecule has 1 aromatic rings. The highest BCUT2D eigenvalue weighted by Gasteiger charge is 2.31. The van der Waals surface area contributed by atoms with Crippen LogP contribution >= 0.6 is 11.3 Å². The number of nitrogens with two attached hydrogens (primary N) is 1. The van der Waals surface area contributed by atoms with E-state index in [4.69, 9.17) is 15.7 Å². The monoisotopic (exact) mass is 277 g/mol. The Labute approximate surface area is 117 Å². The summed E-state index contributed by atoms with van der Waals surface area (Å²) in [5, 5.41) is 13.7. The molecule has 2 heterocycles. The number of anilines is 2. The van der Waals surface area contributed by atoms with Gasteiger partial charge < -0.3 is 15.8 Å². The highest BCUT2D eigenvalue weighted by Crippen LogP contribution is 2.50. The summed E-state index contributed by atoms with van der Waals surface area (Å²) in [7, 11) is 0. The smallest absolute Gasteiger partial charge is 0.130 e. The Morgan fingerprint density at radius 3 is 2.84 bits per heavy atom. The summed E-state index contributed by atoms with van der Waals surface area (Å²) >= 11 is 1.49. The van der Waals surface area contributed by atoms with E-state index >= 15 is 0 Å². The number of hydrogen-bond acceptors (Lipinski definition) is 5. The zero-order valence-electron chi connectivity index (χ0n) is 10.9. The SMILES string of the molecule is N#Cc1sc(NCC2CCCCO2)c(C2CC2)c1N. The third kappa shape index (κ3) is 2.70. The molecule has 1 unspecified atom stereocenters. The van der Waals surface area contributed by atoms with Gasteiger partial charge in [-0.15, -0.1) is 11.3 Å². The predicted molar refractivity (Wildman–Crippen MR) is 77.5 cm³/mol. The molecule has 0 radical (unpaired) electrons. The lowest BCUT2D eigenvalue weighted by Crippen LogP contribution is -2.26. The first-order valence-electron chi connectivity index (χ1n) is 6.97. The molecule has 1 atom stereocenters. The maximum atomic E-state index is 9.10. The molecule has 4 nitrogen and oxygen atoms in total. The van der Waals surface area contributed by atoms with Gasteiger partial charge in [-0.25, -0.2) is 0 Å². The lowest BCUT2D eigenvalue weighted by Gasteiger charge is -2.23. The quantitative estimate of drug-likeness (QED) is 0.887. The zero-order valence-corrected chi connectivity index (χ0v) is 11.8. The molecule has 1 aliphatic carbocycles. The van der Waals surface area contributed by atoms with Gasteiger partial charge in [0.25, 0.3) is 0 Å². The molecule has 1 aliphatic heterocycles. The van der Waals surface area contributed by atoms with Crippen LogP contribution in [0.4, 0.5) is 10.7 Å². The number of nitriles is 1. The maximum Gasteiger partial charge on any atom is 0.130 e. The number of ether oxygens (including phenoxy) is 1. The third-order valence-electron chi connectivity index (χ3n) is 3.83. The van der Waals surface area contributed by atoms with Crippen LogP contribution < -0.4 is 11.1 Å². The normalized spacial score (nSPS) is 23.0. The van der Waals surface area contributed by atoms with Gasteiger partial charge >= 0.3 is 0 Å². The van der Waals surface area contributed by atoms with Gasteiger partial charge in [0, 0.05) is 18.7 Å². The Kier molecular flexibility index (Phi) is 3.63. The topological polar surface area (TPSA) is 71.1 Å². The minimum atomic E-state index is 0.301. The molecule has 0 spiro atoms. The molecule has 2 fully saturated rings. The number of hydrogen-bond donors (Lipinski definition) is 2. The highest BCUT2D eigenvalue weighted by atomic mass is 32.1. The van der Waals surface area contributed by atoms with Gasteiger partial charge in [0.1, 0.15) is 10.9 Å². The van der Waals surface area contributed by atoms with Gasteiger partial charge in [-0.2, -0.15) is 5.26 Å². The van der Waals surface area contributed by atoms with Crippen molar-refractivity contribution in [1.82, 2.24) is 0 Å². The highest BCUT2D eigenvalue weighted by molar-refractivity contribution is 7.17. The van der Waals surface area contributed by atoms with Crippen LogP contribution in [0.25, 0.3) is 0 Å². The second kappa shape index (κ2) is 5.40. The molecule has 102 valence electrons. The fourth-order valence-corrected chi connectivity index (χ4v) is 3.64. The summed E-state index contributed by atoms with van der Waals surface area (Å²) in [6.07, 6.45) is 6.24. The molecule has 0 amide bonds. The molecule has 0 aromatic carbocycles. The summed E-state index contributed by atoms with van der Waals surface area (Å²) in [5.41, 5.74) is 7.96. The Bertz CT molecular complexity index is 496. The van der Waals surface area contributed by atoms with E-state index in [1.165, 1.54) is 42.6 Å². The van der Waals surface area contributed by atoms with Crippen molar-refractivity contribution in [2.75, 3.05) is 24.2 Å². The van der Waals surface area contributed by atoms with Crippen molar-refractivity contribution in [2.24, 2.45) is 0 Å². The molecule has 3 rings (SSSR count). The van der Waals surface area contributed by atoms with E-state index in [1.807, 2.05) is 0 Å². The van der Waals surface area contributed by atoms with Crippen molar-refractivity contribution >= 4 is 22.0 Å². The summed E-state index contributed by atoms with van der Waals surface area (Å²) in [6.45, 7) is 1.70. The number of rotatable bonds is 4. The average molecular weight is 277 g/mol. The van der Waals surface area contributed by atoms with Gasteiger partial charge in [-0.1, -0.05) is 0 Å². The molecular formula is C14H19N3OS. The van der Waals surface area contributed by atoms with Crippen LogP contribution in [0.2, 0.25) is 0 Å². The van der Waals surface area contributed by atoms with E-state index in [2.05, 4.69) is 11.4 Å². The molecule has 5 heteroatoms. The van der Waals surface area contributed by atoms with E-state index in [0.29, 0.717) is 22.6 Å². The molecular weight excluding hydrogens is 258 g/mol. The van der Waals surface area contributed by atoms with Gasteiger partial charge in [-0.3, -0.25) is 0 Å². The first-order valence-corrected chi connectivity index (χ1v) is 7.79. The second-order valence-corrected chi connectivity index (χ2v) is 6.36. The predicted octanol–water partition coefficient (Wildman–Crippen LogP) is 3.06. The van der Waals surface area contributed by atoms with E-state index < -0.39 is 0 Å². The van der Waals surface area contributed by atoms with E-state index in [1.54, 1.807) is 0 Å². The Morgan fingerprint density at radius 2 is 2.21 bits per heavy atom. The van der Waals surface area contributed by atoms with Crippen molar-refractivity contribution in [3.8, 4) is 6.07 Å². The molecule has 0 bridgehead atoms. The second-order valence-electron chi connectivity index (χ2n) is 5.34. The number of nitrogens with zero attached hydrogens (tertiary/aromatic N) is 1. The standard InChI is InChI=1S/C14H19N3OS/c15-7-11-13(16)12(9-4-5-9)14(19-11)17-8-10-3-1-2-6-18-10/h9-10,17H,1-6,8,16H2. The molecule has 1 aromatic heterocycles. The number of nitrogen functional groups attached to an aromatic ring is 1. The van der Waals surface area contributed by atoms with Gasteiger partial charge in [-0.05, 0) is 38.0 Å². The summed E-state index contributed by atoms with van der Waals surface area (Å²) in [5.74, 6) is 0.563. The fraction of sp³-hybridized carbons (Fsp3) is 0.643. The van der Waals surface area contributed by atoms with Crippen LogP contribution in [0, 0.1) is 11.3 Å². The largest absolute Gasteiger partial charge is 0.397 e. The minimum absolute atomic E-state index is 0.301. The molecule has 1 saturated heterocycles. The van der Waals surface area contributed by atoms with Crippen molar-refractivity contribution in [1.29, 1.82) is 5.26 Å². The summed E-state index contributed by atoms with van der Waals surface area (Å²) in [4.78, 5) is 0.647. The van der Waals surface area contributed by atoms with Gasteiger partial charge in [0.15, 0.2) is 0 Å². The summed E-state index contributed by atoms with van der Waals surface area (Å²) in [6, 6.07) is 2.20. The van der Waals surface area contributed by atoms with Gasteiger partial charge in [0.2, 0.25) is 0 Å². The minimum Gasteiger partial charge on any atom is -0.397 e. The Morgan fingerprint density at radius 1 is 1.37 bits per heavy atom. The first kappa shape index (κ1) is 12.8. The molecule has 3 N–H and O–H groups in total. The zero-order chi connectivity index (χ0) is 13.2. The third-order valence-corrected chi connectivity index (χ3v) is 4.92.